The molecule has 156 valence electrons. The zero-order valence-electron chi connectivity index (χ0n) is 18.4. The smallest absolute Gasteiger partial charge is 0.0578 e. The van der Waals surface area contributed by atoms with Gasteiger partial charge in [-0.05, 0) is 117 Å². The molecule has 0 amide bonds. The minimum absolute atomic E-state index is 0.571. The molecule has 0 aliphatic heterocycles. The first-order valence-electron chi connectivity index (χ1n) is 12.5. The van der Waals surface area contributed by atoms with Gasteiger partial charge in [-0.25, -0.2) is 0 Å². The first-order chi connectivity index (χ1) is 13.8. The summed E-state index contributed by atoms with van der Waals surface area (Å²) in [6.45, 7) is 5.49. The molecule has 0 N–H and O–H groups in total. The Morgan fingerprint density at radius 2 is 1.61 bits per heavy atom. The van der Waals surface area contributed by atoms with E-state index >= 15 is 0 Å². The van der Waals surface area contributed by atoms with Crippen LogP contribution in [-0.2, 0) is 24.0 Å². The van der Waals surface area contributed by atoms with E-state index in [1.54, 1.807) is 16.7 Å². The lowest BCUT2D eigenvalue weighted by Gasteiger charge is -2.45. The van der Waals surface area contributed by atoms with E-state index in [0.29, 0.717) is 6.10 Å². The zero-order chi connectivity index (χ0) is 19.3. The maximum absolute atomic E-state index is 6.10. The van der Waals surface area contributed by atoms with Crippen molar-refractivity contribution in [2.24, 2.45) is 23.7 Å². The van der Waals surface area contributed by atoms with Gasteiger partial charge in [0.25, 0.3) is 0 Å². The van der Waals surface area contributed by atoms with E-state index < -0.39 is 0 Å². The van der Waals surface area contributed by atoms with Crippen molar-refractivity contribution in [1.29, 1.82) is 0 Å². The number of fused-ring (bicyclic) bond motifs is 2. The van der Waals surface area contributed by atoms with Crippen LogP contribution in [0.4, 0.5) is 0 Å². The van der Waals surface area contributed by atoms with Gasteiger partial charge >= 0.3 is 0 Å². The van der Waals surface area contributed by atoms with Crippen molar-refractivity contribution < 1.29 is 4.74 Å². The molecule has 3 aliphatic rings. The van der Waals surface area contributed by atoms with E-state index in [4.69, 9.17) is 4.74 Å². The fraction of sp³-hybridized carbons (Fsp3) is 0.778. The third-order valence-electron chi connectivity index (χ3n) is 8.19. The molecule has 0 radical (unpaired) electrons. The summed E-state index contributed by atoms with van der Waals surface area (Å²) >= 11 is 0. The van der Waals surface area contributed by atoms with Gasteiger partial charge in [0, 0.05) is 6.61 Å². The summed E-state index contributed by atoms with van der Waals surface area (Å²) in [6, 6.07) is 7.44. The minimum atomic E-state index is 0.571. The van der Waals surface area contributed by atoms with Crippen LogP contribution in [-0.4, -0.2) is 12.7 Å². The van der Waals surface area contributed by atoms with Crippen molar-refractivity contribution in [2.75, 3.05) is 6.61 Å². The molecule has 1 aromatic carbocycles. The molecule has 0 aromatic heterocycles. The molecule has 3 aliphatic carbocycles. The molecular formula is C27H42O. The van der Waals surface area contributed by atoms with Crippen LogP contribution in [0.15, 0.2) is 18.2 Å². The predicted octanol–water partition coefficient (Wildman–Crippen LogP) is 7.15. The fourth-order valence-electron chi connectivity index (χ4n) is 6.52. The van der Waals surface area contributed by atoms with Crippen molar-refractivity contribution in [3.63, 3.8) is 0 Å². The van der Waals surface area contributed by atoms with E-state index in [-0.39, 0.29) is 0 Å². The summed E-state index contributed by atoms with van der Waals surface area (Å²) in [4.78, 5) is 0. The largest absolute Gasteiger partial charge is 0.378 e. The molecule has 1 aromatic rings. The van der Waals surface area contributed by atoms with Crippen LogP contribution in [0.5, 0.6) is 0 Å². The van der Waals surface area contributed by atoms with E-state index in [2.05, 4.69) is 32.0 Å². The summed E-state index contributed by atoms with van der Waals surface area (Å²) < 4.78 is 6.10. The topological polar surface area (TPSA) is 9.23 Å². The molecule has 28 heavy (non-hydrogen) atoms. The van der Waals surface area contributed by atoms with Crippen molar-refractivity contribution in [3.05, 3.63) is 34.9 Å². The average molecular weight is 383 g/mol. The SMILES string of the molecule is CCCCc1ccc2c(c1)CCC(C1CCC3C[C@H](OCCC)CC[C@@H]3C1)C2. The Balaban J connectivity index is 1.31. The summed E-state index contributed by atoms with van der Waals surface area (Å²) in [5.41, 5.74) is 4.92. The molecule has 2 fully saturated rings. The quantitative estimate of drug-likeness (QED) is 0.486. The Bertz CT molecular complexity index is 621. The molecular weight excluding hydrogens is 340 g/mol. The van der Waals surface area contributed by atoms with Crippen LogP contribution in [0, 0.1) is 23.7 Å². The number of rotatable bonds is 7. The molecule has 0 saturated heterocycles. The van der Waals surface area contributed by atoms with Gasteiger partial charge in [-0.15, -0.1) is 0 Å². The van der Waals surface area contributed by atoms with Crippen molar-refractivity contribution in [1.82, 2.24) is 0 Å². The average Bonchev–Trinajstić information content (AvgIpc) is 2.75. The Hall–Kier alpha value is -0.820. The number of hydrogen-bond acceptors (Lipinski definition) is 1. The highest BCUT2D eigenvalue weighted by molar-refractivity contribution is 5.34. The second-order valence-electron chi connectivity index (χ2n) is 10.1. The molecule has 1 nitrogen and oxygen atoms in total. The summed E-state index contributed by atoms with van der Waals surface area (Å²) in [7, 11) is 0. The standard InChI is InChI=1S/C27H42O/c1-3-5-6-20-7-8-22-17-23(10-9-21(22)16-20)24-11-12-26-19-27(28-15-4-2)14-13-25(26)18-24/h7-8,16,23-27H,3-6,9-15,17-19H2,1-2H3/t23?,24?,25-,26?,27-/m1/s1. The van der Waals surface area contributed by atoms with Crippen LogP contribution in [0.25, 0.3) is 0 Å². The van der Waals surface area contributed by atoms with Crippen molar-refractivity contribution in [3.8, 4) is 0 Å². The first kappa shape index (κ1) is 20.5. The minimum Gasteiger partial charge on any atom is -0.378 e. The monoisotopic (exact) mass is 382 g/mol. The highest BCUT2D eigenvalue weighted by Crippen LogP contribution is 2.47. The lowest BCUT2D eigenvalue weighted by Crippen LogP contribution is -2.37. The van der Waals surface area contributed by atoms with Gasteiger partial charge in [0.05, 0.1) is 6.10 Å². The maximum atomic E-state index is 6.10. The lowest BCUT2D eigenvalue weighted by atomic mass is 9.62. The highest BCUT2D eigenvalue weighted by Gasteiger charge is 2.38. The highest BCUT2D eigenvalue weighted by atomic mass is 16.5. The molecule has 5 atom stereocenters. The van der Waals surface area contributed by atoms with Gasteiger partial charge in [0.1, 0.15) is 0 Å². The Kier molecular flexibility index (Phi) is 7.15. The summed E-state index contributed by atoms with van der Waals surface area (Å²) in [5.74, 6) is 3.90. The van der Waals surface area contributed by atoms with Crippen LogP contribution in [0.2, 0.25) is 0 Å². The van der Waals surface area contributed by atoms with E-state index in [9.17, 15) is 0 Å². The fourth-order valence-corrected chi connectivity index (χ4v) is 6.52. The summed E-state index contributed by atoms with van der Waals surface area (Å²) in [6.07, 6.45) is 18.3. The number of ether oxygens (including phenoxy) is 1. The first-order valence-corrected chi connectivity index (χ1v) is 12.5. The van der Waals surface area contributed by atoms with Gasteiger partial charge in [0.15, 0.2) is 0 Å². The van der Waals surface area contributed by atoms with Gasteiger partial charge in [-0.3, -0.25) is 0 Å². The van der Waals surface area contributed by atoms with Crippen LogP contribution in [0.1, 0.15) is 94.7 Å². The van der Waals surface area contributed by atoms with Gasteiger partial charge in [0.2, 0.25) is 0 Å². The Morgan fingerprint density at radius 1 is 0.821 bits per heavy atom. The van der Waals surface area contributed by atoms with Crippen LogP contribution < -0.4 is 0 Å². The van der Waals surface area contributed by atoms with Gasteiger partial charge < -0.3 is 4.74 Å². The maximum Gasteiger partial charge on any atom is 0.0578 e. The Labute approximate surface area is 173 Å². The Morgan fingerprint density at radius 3 is 2.43 bits per heavy atom. The number of hydrogen-bond donors (Lipinski definition) is 0. The normalized spacial score (nSPS) is 32.6. The molecule has 2 saturated carbocycles. The predicted molar refractivity (Wildman–Crippen MR) is 119 cm³/mol. The van der Waals surface area contributed by atoms with Gasteiger partial charge in [-0.2, -0.15) is 0 Å². The second kappa shape index (κ2) is 9.79. The number of unbranched alkanes of at least 4 members (excludes halogenated alkanes) is 1. The zero-order valence-corrected chi connectivity index (χ0v) is 18.4. The van der Waals surface area contributed by atoms with Gasteiger partial charge in [-0.1, -0.05) is 38.5 Å². The number of benzene rings is 1. The van der Waals surface area contributed by atoms with Crippen molar-refractivity contribution >= 4 is 0 Å². The lowest BCUT2D eigenvalue weighted by molar-refractivity contribution is -0.0236. The molecule has 0 spiro atoms. The third-order valence-corrected chi connectivity index (χ3v) is 8.19. The van der Waals surface area contributed by atoms with E-state index in [1.807, 2.05) is 0 Å². The van der Waals surface area contributed by atoms with E-state index in [0.717, 1.165) is 36.7 Å². The third kappa shape index (κ3) is 4.84. The number of aryl methyl sites for hydroxylation is 2. The van der Waals surface area contributed by atoms with Crippen molar-refractivity contribution in [2.45, 2.75) is 103 Å². The summed E-state index contributed by atoms with van der Waals surface area (Å²) in [5, 5.41) is 0. The molecule has 3 unspecified atom stereocenters. The second-order valence-corrected chi connectivity index (χ2v) is 10.1. The molecule has 4 rings (SSSR count). The van der Waals surface area contributed by atoms with E-state index in [1.165, 1.54) is 77.0 Å². The van der Waals surface area contributed by atoms with Crippen LogP contribution >= 0.6 is 0 Å². The molecule has 0 heterocycles. The van der Waals surface area contributed by atoms with Crippen LogP contribution in [0.3, 0.4) is 0 Å². The molecule has 0 bridgehead atoms. The molecule has 1 heteroatoms.